The number of rotatable bonds is 12. The average molecular weight is 525 g/mol. The number of hydrogen-bond donors (Lipinski definition) is 3. The van der Waals surface area contributed by atoms with E-state index in [9.17, 15) is 19.7 Å². The van der Waals surface area contributed by atoms with Gasteiger partial charge in [-0.25, -0.2) is 4.79 Å². The minimum atomic E-state index is -0.505. The van der Waals surface area contributed by atoms with Gasteiger partial charge in [0.2, 0.25) is 0 Å². The van der Waals surface area contributed by atoms with Crippen molar-refractivity contribution < 1.29 is 24.0 Å². The van der Waals surface area contributed by atoms with Crippen LogP contribution >= 0.6 is 0 Å². The van der Waals surface area contributed by atoms with E-state index in [4.69, 9.17) is 9.47 Å². The highest BCUT2D eigenvalue weighted by atomic mass is 16.6. The number of aromatic amines is 1. The van der Waals surface area contributed by atoms with E-state index in [0.717, 1.165) is 47.7 Å². The Morgan fingerprint density at radius 1 is 0.974 bits per heavy atom. The van der Waals surface area contributed by atoms with Gasteiger partial charge in [0.05, 0.1) is 12.0 Å². The number of non-ortho nitro benzene ring substituents is 1. The van der Waals surface area contributed by atoms with Crippen molar-refractivity contribution in [3.8, 4) is 5.75 Å². The Morgan fingerprint density at radius 3 is 2.34 bits per heavy atom. The van der Waals surface area contributed by atoms with Gasteiger partial charge in [0.25, 0.3) is 11.6 Å². The lowest BCUT2D eigenvalue weighted by molar-refractivity contribution is -0.384. The molecule has 2 amide bonds. The summed E-state index contributed by atoms with van der Waals surface area (Å²) >= 11 is 0. The zero-order valence-electron chi connectivity index (χ0n) is 22.4. The molecule has 2 aromatic carbocycles. The number of nitrogens with zero attached hydrogens (tertiary/aromatic N) is 1. The standard InChI is InChI=1S/C28H36N4O6/c1-28(2,3)38-27(34)30-14-8-6-5-7-13-29-26(33)20-10-9-19(25(16-20)37-4)15-21-18-31-24-12-11-22(32(35)36)17-23(21)24/h9-12,16-18,31H,5-8,13-15H2,1-4H3,(H,29,33)(H,30,34). The molecule has 1 heterocycles. The number of amides is 2. The summed E-state index contributed by atoms with van der Waals surface area (Å²) in [7, 11) is 1.55. The van der Waals surface area contributed by atoms with E-state index >= 15 is 0 Å². The number of alkyl carbamates (subject to hydrolysis) is 1. The van der Waals surface area contributed by atoms with Gasteiger partial charge in [0.15, 0.2) is 0 Å². The molecular formula is C28H36N4O6. The number of carbonyl (C=O) groups is 2. The van der Waals surface area contributed by atoms with Crippen molar-refractivity contribution in [1.82, 2.24) is 15.6 Å². The molecule has 204 valence electrons. The largest absolute Gasteiger partial charge is 0.496 e. The molecule has 0 fully saturated rings. The molecule has 0 saturated carbocycles. The third-order valence-electron chi connectivity index (χ3n) is 5.95. The van der Waals surface area contributed by atoms with Crippen molar-refractivity contribution in [1.29, 1.82) is 0 Å². The third-order valence-corrected chi connectivity index (χ3v) is 5.95. The highest BCUT2D eigenvalue weighted by molar-refractivity contribution is 5.94. The zero-order valence-corrected chi connectivity index (χ0v) is 22.4. The van der Waals surface area contributed by atoms with Crippen LogP contribution in [0.3, 0.4) is 0 Å². The molecule has 0 aliphatic carbocycles. The van der Waals surface area contributed by atoms with Crippen LogP contribution in [-0.4, -0.2) is 47.7 Å². The molecule has 0 atom stereocenters. The van der Waals surface area contributed by atoms with Gasteiger partial charge in [0, 0.05) is 54.3 Å². The fourth-order valence-electron chi connectivity index (χ4n) is 4.08. The van der Waals surface area contributed by atoms with Gasteiger partial charge in [-0.15, -0.1) is 0 Å². The smallest absolute Gasteiger partial charge is 0.407 e. The first kappa shape index (κ1) is 28.5. The predicted octanol–water partition coefficient (Wildman–Crippen LogP) is 5.49. The van der Waals surface area contributed by atoms with Crippen molar-refractivity contribution in [2.24, 2.45) is 0 Å². The van der Waals surface area contributed by atoms with Crippen LogP contribution in [0.15, 0.2) is 42.6 Å². The van der Waals surface area contributed by atoms with Crippen molar-refractivity contribution in [2.75, 3.05) is 20.2 Å². The van der Waals surface area contributed by atoms with Gasteiger partial charge in [-0.2, -0.15) is 0 Å². The molecule has 10 heteroatoms. The number of methoxy groups -OCH3 is 1. The molecule has 0 spiro atoms. The van der Waals surface area contributed by atoms with E-state index in [0.29, 0.717) is 30.8 Å². The Labute approximate surface area is 222 Å². The molecule has 0 unspecified atom stereocenters. The Kier molecular flexibility index (Phi) is 9.70. The number of fused-ring (bicyclic) bond motifs is 1. The van der Waals surface area contributed by atoms with Crippen LogP contribution in [0.1, 0.15) is 67.9 Å². The van der Waals surface area contributed by atoms with Crippen LogP contribution in [0, 0.1) is 10.1 Å². The van der Waals surface area contributed by atoms with Gasteiger partial charge in [-0.3, -0.25) is 14.9 Å². The number of hydrogen-bond acceptors (Lipinski definition) is 6. The quantitative estimate of drug-likeness (QED) is 0.163. The van der Waals surface area contributed by atoms with Gasteiger partial charge in [-0.1, -0.05) is 18.9 Å². The minimum Gasteiger partial charge on any atom is -0.496 e. The van der Waals surface area contributed by atoms with Crippen molar-refractivity contribution in [3.63, 3.8) is 0 Å². The Bertz CT molecular complexity index is 1280. The molecule has 3 aromatic rings. The number of unbranched alkanes of at least 4 members (excludes halogenated alkanes) is 3. The van der Waals surface area contributed by atoms with Crippen molar-refractivity contribution in [2.45, 2.75) is 58.5 Å². The molecule has 0 saturated heterocycles. The molecule has 10 nitrogen and oxygen atoms in total. The SMILES string of the molecule is COc1cc(C(=O)NCCCCCCNC(=O)OC(C)(C)C)ccc1Cc1c[nH]c2ccc([N+](=O)[O-])cc12. The summed E-state index contributed by atoms with van der Waals surface area (Å²) in [5.74, 6) is 0.402. The lowest BCUT2D eigenvalue weighted by atomic mass is 10.0. The first-order chi connectivity index (χ1) is 18.1. The summed E-state index contributed by atoms with van der Waals surface area (Å²) in [6.07, 6.45) is 5.47. The number of benzene rings is 2. The maximum Gasteiger partial charge on any atom is 0.407 e. The Morgan fingerprint density at radius 2 is 1.68 bits per heavy atom. The first-order valence-electron chi connectivity index (χ1n) is 12.7. The monoisotopic (exact) mass is 524 g/mol. The van der Waals surface area contributed by atoms with Gasteiger partial charge >= 0.3 is 6.09 Å². The van der Waals surface area contributed by atoms with E-state index in [1.807, 2.05) is 33.0 Å². The van der Waals surface area contributed by atoms with Crippen molar-refractivity contribution in [3.05, 3.63) is 69.4 Å². The lowest BCUT2D eigenvalue weighted by Gasteiger charge is -2.19. The molecule has 3 rings (SSSR count). The van der Waals surface area contributed by atoms with Crippen LogP contribution in [-0.2, 0) is 11.2 Å². The minimum absolute atomic E-state index is 0.0369. The maximum atomic E-state index is 12.6. The van der Waals surface area contributed by atoms with E-state index in [1.165, 1.54) is 6.07 Å². The van der Waals surface area contributed by atoms with Crippen LogP contribution < -0.4 is 15.4 Å². The second-order valence-corrected chi connectivity index (χ2v) is 10.1. The number of H-pyrrole nitrogens is 1. The second-order valence-electron chi connectivity index (χ2n) is 10.1. The van der Waals surface area contributed by atoms with E-state index in [-0.39, 0.29) is 11.6 Å². The highest BCUT2D eigenvalue weighted by Gasteiger charge is 2.16. The topological polar surface area (TPSA) is 136 Å². The summed E-state index contributed by atoms with van der Waals surface area (Å²) in [6, 6.07) is 10.1. The Balaban J connectivity index is 1.46. The molecule has 0 aliphatic rings. The molecule has 38 heavy (non-hydrogen) atoms. The summed E-state index contributed by atoms with van der Waals surface area (Å²) < 4.78 is 10.7. The van der Waals surface area contributed by atoms with E-state index < -0.39 is 16.6 Å². The molecule has 3 N–H and O–H groups in total. The van der Waals surface area contributed by atoms with E-state index in [2.05, 4.69) is 15.6 Å². The molecular weight excluding hydrogens is 488 g/mol. The maximum absolute atomic E-state index is 12.6. The normalized spacial score (nSPS) is 11.3. The summed E-state index contributed by atoms with van der Waals surface area (Å²) in [6.45, 7) is 6.59. The Hall–Kier alpha value is -4.08. The van der Waals surface area contributed by atoms with Crippen molar-refractivity contribution >= 4 is 28.6 Å². The fourth-order valence-corrected chi connectivity index (χ4v) is 4.08. The number of nitrogens with one attached hydrogen (secondary N) is 3. The summed E-state index contributed by atoms with van der Waals surface area (Å²) in [5.41, 5.74) is 2.63. The number of carbonyl (C=O) groups excluding carboxylic acids is 2. The van der Waals surface area contributed by atoms with Gasteiger partial charge in [-0.05, 0) is 62.9 Å². The fraction of sp³-hybridized carbons (Fsp3) is 0.429. The van der Waals surface area contributed by atoms with Crippen LogP contribution in [0.5, 0.6) is 5.75 Å². The highest BCUT2D eigenvalue weighted by Crippen LogP contribution is 2.29. The van der Waals surface area contributed by atoms with E-state index in [1.54, 1.807) is 31.4 Å². The molecule has 0 radical (unpaired) electrons. The lowest BCUT2D eigenvalue weighted by Crippen LogP contribution is -2.33. The average Bonchev–Trinajstić information content (AvgIpc) is 3.26. The number of ether oxygens (including phenoxy) is 2. The molecule has 0 bridgehead atoms. The molecule has 0 aliphatic heterocycles. The predicted molar refractivity (Wildman–Crippen MR) is 146 cm³/mol. The molecule has 1 aromatic heterocycles. The van der Waals surface area contributed by atoms with Gasteiger partial charge in [0.1, 0.15) is 11.4 Å². The number of nitro benzene ring substituents is 1. The third kappa shape index (κ3) is 8.22. The summed E-state index contributed by atoms with van der Waals surface area (Å²) in [4.78, 5) is 38.2. The second kappa shape index (κ2) is 12.9. The van der Waals surface area contributed by atoms with Crippen LogP contribution in [0.4, 0.5) is 10.5 Å². The number of aromatic nitrogens is 1. The van der Waals surface area contributed by atoms with Crippen LogP contribution in [0.2, 0.25) is 0 Å². The summed E-state index contributed by atoms with van der Waals surface area (Å²) in [5, 5.41) is 17.6. The van der Waals surface area contributed by atoms with Crippen LogP contribution in [0.25, 0.3) is 10.9 Å². The zero-order chi connectivity index (χ0) is 27.7. The first-order valence-corrected chi connectivity index (χ1v) is 12.7. The number of nitro groups is 1. The van der Waals surface area contributed by atoms with Gasteiger partial charge < -0.3 is 25.1 Å².